The first-order valence-electron chi connectivity index (χ1n) is 6.52. The largest absolute Gasteiger partial charge is 0.435 e. The van der Waals surface area contributed by atoms with E-state index in [9.17, 15) is 9.18 Å². The van der Waals surface area contributed by atoms with Gasteiger partial charge in [-0.25, -0.2) is 9.37 Å². The number of carbonyl (C=O) groups is 1. The molecule has 4 nitrogen and oxygen atoms in total. The van der Waals surface area contributed by atoms with Crippen LogP contribution in [0.25, 0.3) is 0 Å². The summed E-state index contributed by atoms with van der Waals surface area (Å²) in [5, 5.41) is 0. The molecule has 0 fully saturated rings. The van der Waals surface area contributed by atoms with Crippen molar-refractivity contribution < 1.29 is 13.9 Å². The molecule has 2 rings (SSSR count). The lowest BCUT2D eigenvalue weighted by Crippen LogP contribution is -2.13. The Morgan fingerprint density at radius 3 is 2.57 bits per heavy atom. The highest BCUT2D eigenvalue weighted by Crippen LogP contribution is 2.30. The van der Waals surface area contributed by atoms with Crippen molar-refractivity contribution >= 4 is 5.91 Å². The second-order valence-corrected chi connectivity index (χ2v) is 5.72. The summed E-state index contributed by atoms with van der Waals surface area (Å²) in [5.41, 5.74) is 6.03. The van der Waals surface area contributed by atoms with E-state index in [1.165, 1.54) is 24.4 Å². The molecule has 5 heteroatoms. The molecule has 1 amide bonds. The van der Waals surface area contributed by atoms with Gasteiger partial charge >= 0.3 is 0 Å². The third kappa shape index (κ3) is 3.37. The maximum Gasteiger partial charge on any atom is 0.254 e. The van der Waals surface area contributed by atoms with Crippen LogP contribution < -0.4 is 10.5 Å². The minimum Gasteiger partial charge on any atom is -0.435 e. The Bertz CT molecular complexity index is 678. The van der Waals surface area contributed by atoms with E-state index >= 15 is 0 Å². The van der Waals surface area contributed by atoms with Crippen LogP contribution >= 0.6 is 0 Å². The van der Waals surface area contributed by atoms with Crippen LogP contribution in [0, 0.1) is 5.82 Å². The van der Waals surface area contributed by atoms with E-state index in [-0.39, 0.29) is 22.6 Å². The molecule has 2 N–H and O–H groups in total. The van der Waals surface area contributed by atoms with Gasteiger partial charge in [-0.1, -0.05) is 26.8 Å². The van der Waals surface area contributed by atoms with Crippen LogP contribution in [-0.4, -0.2) is 10.9 Å². The minimum absolute atomic E-state index is 0.00389. The lowest BCUT2D eigenvalue weighted by molar-refractivity contribution is 0.0997. The van der Waals surface area contributed by atoms with E-state index in [0.29, 0.717) is 0 Å². The molecule has 0 aliphatic carbocycles. The molecular formula is C16H17FN2O2. The van der Waals surface area contributed by atoms with Gasteiger partial charge in [-0.05, 0) is 35.2 Å². The zero-order valence-corrected chi connectivity index (χ0v) is 12.2. The molecule has 1 aromatic heterocycles. The van der Waals surface area contributed by atoms with Gasteiger partial charge in [0.2, 0.25) is 5.88 Å². The van der Waals surface area contributed by atoms with Gasteiger partial charge in [-0.2, -0.15) is 0 Å². The van der Waals surface area contributed by atoms with Crippen molar-refractivity contribution in [3.63, 3.8) is 0 Å². The molecule has 1 aromatic carbocycles. The van der Waals surface area contributed by atoms with Crippen molar-refractivity contribution in [3.8, 4) is 11.6 Å². The molecule has 0 radical (unpaired) electrons. The fourth-order valence-corrected chi connectivity index (χ4v) is 1.81. The predicted molar refractivity (Wildman–Crippen MR) is 77.9 cm³/mol. The summed E-state index contributed by atoms with van der Waals surface area (Å²) in [5.74, 6) is -1.19. The second kappa shape index (κ2) is 5.52. The van der Waals surface area contributed by atoms with Crippen molar-refractivity contribution in [3.05, 3.63) is 53.5 Å². The number of primary amides is 1. The molecule has 0 aliphatic rings. The lowest BCUT2D eigenvalue weighted by Gasteiger charge is -2.19. The van der Waals surface area contributed by atoms with Gasteiger partial charge in [0, 0.05) is 6.20 Å². The van der Waals surface area contributed by atoms with Crippen LogP contribution in [0.15, 0.2) is 36.5 Å². The zero-order valence-electron chi connectivity index (χ0n) is 12.2. The summed E-state index contributed by atoms with van der Waals surface area (Å²) in [4.78, 5) is 15.2. The summed E-state index contributed by atoms with van der Waals surface area (Å²) < 4.78 is 19.5. The Morgan fingerprint density at radius 2 is 2.00 bits per heavy atom. The number of amides is 1. The molecule has 0 spiro atoms. The normalized spacial score (nSPS) is 11.2. The predicted octanol–water partition coefficient (Wildman–Crippen LogP) is 3.41. The van der Waals surface area contributed by atoms with E-state index in [1.54, 1.807) is 12.1 Å². The summed E-state index contributed by atoms with van der Waals surface area (Å²) in [6, 6.07) is 7.76. The van der Waals surface area contributed by atoms with Crippen molar-refractivity contribution in [1.29, 1.82) is 0 Å². The maximum atomic E-state index is 14.1. The number of benzene rings is 1. The number of carbonyl (C=O) groups excluding carboxylic acids is 1. The summed E-state index contributed by atoms with van der Waals surface area (Å²) in [6.45, 7) is 5.98. The number of pyridine rings is 1. The monoisotopic (exact) mass is 288 g/mol. The van der Waals surface area contributed by atoms with Gasteiger partial charge in [0.15, 0.2) is 11.6 Å². The van der Waals surface area contributed by atoms with Gasteiger partial charge in [0.05, 0.1) is 0 Å². The van der Waals surface area contributed by atoms with Gasteiger partial charge in [0.25, 0.3) is 5.91 Å². The number of nitrogens with zero attached hydrogens (tertiary/aromatic N) is 1. The molecule has 0 saturated carbocycles. The highest BCUT2D eigenvalue weighted by Gasteiger charge is 2.18. The molecule has 0 bridgehead atoms. The second-order valence-electron chi connectivity index (χ2n) is 5.72. The number of ether oxygens (including phenoxy) is 1. The van der Waals surface area contributed by atoms with E-state index in [2.05, 4.69) is 4.98 Å². The SMILES string of the molecule is CC(C)(C)c1ccc(Oc2ncccc2C(N)=O)c(F)c1. The van der Waals surface area contributed by atoms with Gasteiger partial charge in [-0.3, -0.25) is 4.79 Å². The van der Waals surface area contributed by atoms with Crippen molar-refractivity contribution in [2.45, 2.75) is 26.2 Å². The zero-order chi connectivity index (χ0) is 15.6. The van der Waals surface area contributed by atoms with Gasteiger partial charge < -0.3 is 10.5 Å². The number of rotatable bonds is 3. The van der Waals surface area contributed by atoms with Crippen molar-refractivity contribution in [2.24, 2.45) is 5.73 Å². The fourth-order valence-electron chi connectivity index (χ4n) is 1.81. The van der Waals surface area contributed by atoms with Crippen LogP contribution in [0.2, 0.25) is 0 Å². The molecule has 21 heavy (non-hydrogen) atoms. The highest BCUT2D eigenvalue weighted by molar-refractivity contribution is 5.95. The van der Waals surface area contributed by atoms with E-state index in [1.807, 2.05) is 20.8 Å². The van der Waals surface area contributed by atoms with Gasteiger partial charge in [-0.15, -0.1) is 0 Å². The molecule has 0 atom stereocenters. The summed E-state index contributed by atoms with van der Waals surface area (Å²) >= 11 is 0. The molecule has 1 heterocycles. The van der Waals surface area contributed by atoms with Crippen LogP contribution in [0.4, 0.5) is 4.39 Å². The third-order valence-electron chi connectivity index (χ3n) is 3.04. The Labute approximate surface area is 122 Å². The van der Waals surface area contributed by atoms with Gasteiger partial charge in [0.1, 0.15) is 5.56 Å². The molecule has 0 unspecified atom stereocenters. The number of aromatic nitrogens is 1. The molecule has 2 aromatic rings. The Balaban J connectivity index is 2.35. The Kier molecular flexibility index (Phi) is 3.93. The number of hydrogen-bond acceptors (Lipinski definition) is 3. The molecule has 110 valence electrons. The summed E-state index contributed by atoms with van der Waals surface area (Å²) in [7, 11) is 0. The standard InChI is InChI=1S/C16H17FN2O2/c1-16(2,3)10-6-7-13(12(17)9-10)21-15-11(14(18)20)5-4-8-19-15/h4-9H,1-3H3,(H2,18,20). The van der Waals surface area contributed by atoms with Crippen LogP contribution in [0.1, 0.15) is 36.7 Å². The lowest BCUT2D eigenvalue weighted by atomic mass is 9.87. The average Bonchev–Trinajstić information content (AvgIpc) is 2.40. The molecule has 0 aliphatic heterocycles. The number of hydrogen-bond donors (Lipinski definition) is 1. The van der Waals surface area contributed by atoms with Crippen LogP contribution in [0.3, 0.4) is 0 Å². The molecular weight excluding hydrogens is 271 g/mol. The number of halogens is 1. The van der Waals surface area contributed by atoms with Crippen molar-refractivity contribution in [1.82, 2.24) is 4.98 Å². The van der Waals surface area contributed by atoms with E-state index in [0.717, 1.165) is 5.56 Å². The smallest absolute Gasteiger partial charge is 0.254 e. The fraction of sp³-hybridized carbons (Fsp3) is 0.250. The highest BCUT2D eigenvalue weighted by atomic mass is 19.1. The first kappa shape index (κ1) is 15.0. The van der Waals surface area contributed by atoms with E-state index < -0.39 is 11.7 Å². The average molecular weight is 288 g/mol. The first-order valence-corrected chi connectivity index (χ1v) is 6.52. The number of nitrogens with two attached hydrogens (primary N) is 1. The van der Waals surface area contributed by atoms with Crippen molar-refractivity contribution in [2.75, 3.05) is 0 Å². The maximum absolute atomic E-state index is 14.1. The first-order chi connectivity index (χ1) is 9.79. The Hall–Kier alpha value is -2.43. The van der Waals surface area contributed by atoms with Crippen LogP contribution in [0.5, 0.6) is 11.6 Å². The Morgan fingerprint density at radius 1 is 1.29 bits per heavy atom. The third-order valence-corrected chi connectivity index (χ3v) is 3.04. The molecule has 0 saturated heterocycles. The minimum atomic E-state index is -0.676. The quantitative estimate of drug-likeness (QED) is 0.941. The van der Waals surface area contributed by atoms with E-state index in [4.69, 9.17) is 10.5 Å². The topological polar surface area (TPSA) is 65.2 Å². The van der Waals surface area contributed by atoms with Crippen LogP contribution in [-0.2, 0) is 5.41 Å². The summed E-state index contributed by atoms with van der Waals surface area (Å²) in [6.07, 6.45) is 1.45.